The monoisotopic (exact) mass is 379 g/mol. The van der Waals surface area contributed by atoms with E-state index >= 15 is 0 Å². The molecule has 0 aliphatic carbocycles. The van der Waals surface area contributed by atoms with Crippen LogP contribution in [0.15, 0.2) is 30.5 Å². The van der Waals surface area contributed by atoms with Gasteiger partial charge in [0.15, 0.2) is 11.6 Å². The summed E-state index contributed by atoms with van der Waals surface area (Å²) in [6.45, 7) is 2.87. The first-order valence-electron chi connectivity index (χ1n) is 9.13. The van der Waals surface area contributed by atoms with Gasteiger partial charge in [-0.05, 0) is 30.7 Å². The lowest BCUT2D eigenvalue weighted by atomic mass is 10.1. The maximum absolute atomic E-state index is 14.7. The van der Waals surface area contributed by atoms with Crippen LogP contribution in [-0.4, -0.2) is 36.7 Å². The summed E-state index contributed by atoms with van der Waals surface area (Å²) in [6, 6.07) is 6.64. The Morgan fingerprint density at radius 2 is 2.18 bits per heavy atom. The summed E-state index contributed by atoms with van der Waals surface area (Å²) >= 11 is 0. The van der Waals surface area contributed by atoms with Crippen molar-refractivity contribution >= 4 is 33.7 Å². The first kappa shape index (κ1) is 16.7. The van der Waals surface area contributed by atoms with Gasteiger partial charge >= 0.3 is 5.97 Å². The van der Waals surface area contributed by atoms with Gasteiger partial charge in [-0.2, -0.15) is 0 Å². The second kappa shape index (κ2) is 5.79. The van der Waals surface area contributed by atoms with Crippen molar-refractivity contribution in [1.29, 1.82) is 0 Å². The summed E-state index contributed by atoms with van der Waals surface area (Å²) in [7, 11) is 1.75. The number of pyridine rings is 1. The lowest BCUT2D eigenvalue weighted by Crippen LogP contribution is -2.24. The number of rotatable bonds is 3. The molecule has 5 rings (SSSR count). The predicted octanol–water partition coefficient (Wildman–Crippen LogP) is 3.80. The Kier molecular flexibility index (Phi) is 3.46. The van der Waals surface area contributed by atoms with E-state index in [-0.39, 0.29) is 11.6 Å². The van der Waals surface area contributed by atoms with Gasteiger partial charge in [0.25, 0.3) is 0 Å². The zero-order chi connectivity index (χ0) is 19.6. The molecule has 0 amide bonds. The zero-order valence-electron chi connectivity index (χ0n) is 15.4. The Balaban J connectivity index is 1.83. The summed E-state index contributed by atoms with van der Waals surface area (Å²) in [5.41, 5.74) is 2.38. The van der Waals surface area contributed by atoms with Crippen molar-refractivity contribution in [1.82, 2.24) is 19.1 Å². The number of hydrogen-bond acceptors (Lipinski definition) is 4. The molecule has 0 bridgehead atoms. The Hall–Kier alpha value is -3.42. The topological polar surface area (TPSA) is 85.0 Å². The quantitative estimate of drug-likeness (QED) is 0.565. The minimum Gasteiger partial charge on any atom is -0.478 e. The fourth-order valence-corrected chi connectivity index (χ4v) is 4.14. The number of hydrogen-bond donors (Lipinski definition) is 2. The third-order valence-electron chi connectivity index (χ3n) is 5.49. The smallest absolute Gasteiger partial charge is 0.335 e. The predicted molar refractivity (Wildman–Crippen MR) is 104 cm³/mol. The summed E-state index contributed by atoms with van der Waals surface area (Å²) in [4.78, 5) is 20.3. The molecule has 0 spiro atoms. The minimum atomic E-state index is -1.18. The fourth-order valence-electron chi connectivity index (χ4n) is 4.14. The molecule has 2 N–H and O–H groups in total. The number of aromatic carboxylic acids is 1. The summed E-state index contributed by atoms with van der Waals surface area (Å²) in [5, 5.41) is 13.6. The van der Waals surface area contributed by atoms with Crippen LogP contribution in [0.3, 0.4) is 0 Å². The lowest BCUT2D eigenvalue weighted by Gasteiger charge is -2.27. The zero-order valence-corrected chi connectivity index (χ0v) is 15.4. The molecule has 0 saturated carbocycles. The highest BCUT2D eigenvalue weighted by molar-refractivity contribution is 5.96. The van der Waals surface area contributed by atoms with Gasteiger partial charge in [-0.1, -0.05) is 6.92 Å². The van der Waals surface area contributed by atoms with Crippen LogP contribution < -0.4 is 5.32 Å². The first-order valence-corrected chi connectivity index (χ1v) is 9.13. The molecule has 1 aromatic carbocycles. The number of carboxylic acids is 1. The molecular weight excluding hydrogens is 361 g/mol. The van der Waals surface area contributed by atoms with Crippen LogP contribution >= 0.6 is 0 Å². The van der Waals surface area contributed by atoms with Crippen molar-refractivity contribution in [2.45, 2.75) is 19.4 Å². The molecule has 0 radical (unpaired) electrons. The van der Waals surface area contributed by atoms with Gasteiger partial charge in [0.05, 0.1) is 28.3 Å². The SMILES string of the molecule is CCC1CNc2nccc3cc(-c4nc5cc(C(=O)O)cc(F)c5n4C)n1c23. The Bertz CT molecular complexity index is 1270. The average molecular weight is 379 g/mol. The van der Waals surface area contributed by atoms with E-state index in [0.29, 0.717) is 16.9 Å². The number of imidazole rings is 1. The average Bonchev–Trinajstić information content (AvgIpc) is 3.22. The minimum absolute atomic E-state index is 0.113. The van der Waals surface area contributed by atoms with E-state index in [2.05, 4.69) is 26.8 Å². The van der Waals surface area contributed by atoms with E-state index < -0.39 is 11.8 Å². The molecule has 0 fully saturated rings. The Morgan fingerprint density at radius 1 is 1.36 bits per heavy atom. The molecule has 1 aliphatic rings. The second-order valence-electron chi connectivity index (χ2n) is 7.07. The van der Waals surface area contributed by atoms with Gasteiger partial charge < -0.3 is 19.6 Å². The van der Waals surface area contributed by atoms with Crippen LogP contribution in [-0.2, 0) is 7.05 Å². The van der Waals surface area contributed by atoms with Crippen LogP contribution in [0.1, 0.15) is 29.7 Å². The van der Waals surface area contributed by atoms with Crippen molar-refractivity contribution in [2.24, 2.45) is 7.05 Å². The van der Waals surface area contributed by atoms with Gasteiger partial charge in [0.2, 0.25) is 0 Å². The Labute approximate surface area is 159 Å². The third-order valence-corrected chi connectivity index (χ3v) is 5.49. The van der Waals surface area contributed by atoms with Gasteiger partial charge in [-0.25, -0.2) is 19.2 Å². The summed E-state index contributed by atoms with van der Waals surface area (Å²) < 4.78 is 18.6. The van der Waals surface area contributed by atoms with Gasteiger partial charge in [-0.15, -0.1) is 0 Å². The highest BCUT2D eigenvalue weighted by Gasteiger charge is 2.27. The van der Waals surface area contributed by atoms with E-state index in [4.69, 9.17) is 0 Å². The number of halogens is 1. The second-order valence-corrected chi connectivity index (χ2v) is 7.07. The van der Waals surface area contributed by atoms with Gasteiger partial charge in [-0.3, -0.25) is 0 Å². The summed E-state index contributed by atoms with van der Waals surface area (Å²) in [5.74, 6) is -0.350. The normalized spacial score (nSPS) is 15.9. The number of aromatic nitrogens is 4. The third kappa shape index (κ3) is 2.17. The molecule has 3 aromatic heterocycles. The molecular formula is C20H18FN5O2. The van der Waals surface area contributed by atoms with E-state index in [9.17, 15) is 14.3 Å². The van der Waals surface area contributed by atoms with Crippen molar-refractivity contribution in [3.05, 3.63) is 41.8 Å². The highest BCUT2D eigenvalue weighted by atomic mass is 19.1. The number of nitrogens with one attached hydrogen (secondary N) is 1. The first-order chi connectivity index (χ1) is 13.5. The number of carboxylic acid groups (broad SMARTS) is 1. The van der Waals surface area contributed by atoms with E-state index in [1.807, 2.05) is 12.1 Å². The van der Waals surface area contributed by atoms with Gasteiger partial charge in [0, 0.05) is 25.2 Å². The van der Waals surface area contributed by atoms with E-state index in [1.165, 1.54) is 6.07 Å². The number of fused-ring (bicyclic) bond motifs is 1. The van der Waals surface area contributed by atoms with E-state index in [0.717, 1.165) is 41.4 Å². The maximum atomic E-state index is 14.7. The largest absolute Gasteiger partial charge is 0.478 e. The number of benzene rings is 1. The molecule has 8 heteroatoms. The van der Waals surface area contributed by atoms with Crippen LogP contribution in [0.4, 0.5) is 10.2 Å². The Morgan fingerprint density at radius 3 is 2.93 bits per heavy atom. The maximum Gasteiger partial charge on any atom is 0.335 e. The highest BCUT2D eigenvalue weighted by Crippen LogP contribution is 2.38. The van der Waals surface area contributed by atoms with Crippen molar-refractivity contribution < 1.29 is 14.3 Å². The van der Waals surface area contributed by atoms with Gasteiger partial charge in [0.1, 0.15) is 11.3 Å². The molecule has 0 saturated heterocycles. The fraction of sp³-hybridized carbons (Fsp3) is 0.250. The van der Waals surface area contributed by atoms with Crippen molar-refractivity contribution in [2.75, 3.05) is 11.9 Å². The molecule has 1 atom stereocenters. The molecule has 1 aliphatic heterocycles. The molecule has 4 heterocycles. The molecule has 28 heavy (non-hydrogen) atoms. The number of anilines is 1. The standard InChI is InChI=1S/C20H18FN5O2/c1-3-12-9-23-18-16-10(4-5-22-18)8-15(26(12)16)19-24-14-7-11(20(27)28)6-13(21)17(14)25(19)2/h4-8,12H,3,9H2,1-2H3,(H,22,23)(H,27,28). The molecule has 1 unspecified atom stereocenters. The molecule has 4 aromatic rings. The summed E-state index contributed by atoms with van der Waals surface area (Å²) in [6.07, 6.45) is 2.68. The number of nitrogens with zero attached hydrogens (tertiary/aromatic N) is 4. The number of carbonyl (C=O) groups is 1. The van der Waals surface area contributed by atoms with Crippen LogP contribution in [0, 0.1) is 5.82 Å². The lowest BCUT2D eigenvalue weighted by molar-refractivity contribution is 0.0696. The van der Waals surface area contributed by atoms with Crippen molar-refractivity contribution in [3.63, 3.8) is 0 Å². The van der Waals surface area contributed by atoms with Crippen LogP contribution in [0.5, 0.6) is 0 Å². The van der Waals surface area contributed by atoms with Crippen molar-refractivity contribution in [3.8, 4) is 11.5 Å². The number of aryl methyl sites for hydroxylation is 1. The van der Waals surface area contributed by atoms with Crippen LogP contribution in [0.25, 0.3) is 33.5 Å². The van der Waals surface area contributed by atoms with E-state index in [1.54, 1.807) is 17.8 Å². The molecule has 142 valence electrons. The van der Waals surface area contributed by atoms with Crippen LogP contribution in [0.2, 0.25) is 0 Å². The molecule has 7 nitrogen and oxygen atoms in total.